The summed E-state index contributed by atoms with van der Waals surface area (Å²) in [5, 5.41) is 8.74. The van der Waals surface area contributed by atoms with E-state index in [9.17, 15) is 9.59 Å². The number of aliphatic carboxylic acids is 1. The molecule has 0 saturated heterocycles. The van der Waals surface area contributed by atoms with E-state index in [1.54, 1.807) is 12.1 Å². The molecular formula is C24H28O7. The summed E-state index contributed by atoms with van der Waals surface area (Å²) in [5.41, 5.74) is 1.19. The number of benzene rings is 2. The molecule has 0 spiro atoms. The molecule has 0 aliphatic heterocycles. The van der Waals surface area contributed by atoms with E-state index in [0.29, 0.717) is 30.3 Å². The Kier molecular flexibility index (Phi) is 9.42. The molecule has 0 bridgehead atoms. The van der Waals surface area contributed by atoms with Gasteiger partial charge in [0.05, 0.1) is 20.3 Å². The molecule has 0 aromatic heterocycles. The van der Waals surface area contributed by atoms with E-state index in [-0.39, 0.29) is 17.3 Å². The quantitative estimate of drug-likeness (QED) is 0.282. The number of carboxylic acids is 1. The van der Waals surface area contributed by atoms with Crippen LogP contribution in [0.25, 0.3) is 6.08 Å². The first kappa shape index (κ1) is 23.8. The normalized spacial score (nSPS) is 10.7. The number of unbranched alkanes of at least 4 members (excludes halogenated alkanes) is 1. The number of methoxy groups -OCH3 is 1. The van der Waals surface area contributed by atoms with E-state index < -0.39 is 12.6 Å². The molecule has 0 fully saturated rings. The van der Waals surface area contributed by atoms with Gasteiger partial charge >= 0.3 is 5.97 Å². The van der Waals surface area contributed by atoms with Crippen molar-refractivity contribution in [1.82, 2.24) is 0 Å². The molecule has 0 amide bonds. The predicted molar refractivity (Wildman–Crippen MR) is 118 cm³/mol. The van der Waals surface area contributed by atoms with Crippen molar-refractivity contribution >= 4 is 17.8 Å². The molecule has 0 heterocycles. The van der Waals surface area contributed by atoms with E-state index in [0.717, 1.165) is 18.4 Å². The largest absolute Gasteiger partial charge is 0.493 e. The second-order valence-corrected chi connectivity index (χ2v) is 6.59. The number of rotatable bonds is 13. The first-order chi connectivity index (χ1) is 15.0. The molecule has 0 radical (unpaired) electrons. The van der Waals surface area contributed by atoms with E-state index in [1.165, 1.54) is 25.3 Å². The highest BCUT2D eigenvalue weighted by Crippen LogP contribution is 2.30. The van der Waals surface area contributed by atoms with Crippen LogP contribution in [0.3, 0.4) is 0 Å². The third-order valence-corrected chi connectivity index (χ3v) is 4.25. The van der Waals surface area contributed by atoms with Crippen LogP contribution in [-0.4, -0.2) is 43.8 Å². The van der Waals surface area contributed by atoms with Crippen molar-refractivity contribution in [2.24, 2.45) is 0 Å². The highest BCUT2D eigenvalue weighted by atomic mass is 16.5. The van der Waals surface area contributed by atoms with Crippen LogP contribution < -0.4 is 18.9 Å². The summed E-state index contributed by atoms with van der Waals surface area (Å²) in [4.78, 5) is 23.3. The van der Waals surface area contributed by atoms with Gasteiger partial charge < -0.3 is 24.1 Å². The van der Waals surface area contributed by atoms with Crippen LogP contribution in [0.4, 0.5) is 0 Å². The highest BCUT2D eigenvalue weighted by molar-refractivity contribution is 6.07. The first-order valence-corrected chi connectivity index (χ1v) is 10.1. The Bertz CT molecular complexity index is 918. The monoisotopic (exact) mass is 428 g/mol. The van der Waals surface area contributed by atoms with E-state index in [1.807, 2.05) is 25.1 Å². The van der Waals surface area contributed by atoms with Crippen LogP contribution in [-0.2, 0) is 4.79 Å². The Morgan fingerprint density at radius 3 is 2.35 bits per heavy atom. The minimum absolute atomic E-state index is 0.232. The fraction of sp³-hybridized carbons (Fsp3) is 0.333. The summed E-state index contributed by atoms with van der Waals surface area (Å²) in [7, 11) is 1.42. The van der Waals surface area contributed by atoms with Crippen LogP contribution in [0.1, 0.15) is 42.6 Å². The Balaban J connectivity index is 2.14. The molecular weight excluding hydrogens is 400 g/mol. The lowest BCUT2D eigenvalue weighted by Crippen LogP contribution is -2.10. The smallest absolute Gasteiger partial charge is 0.341 e. The molecule has 2 rings (SSSR count). The molecule has 0 unspecified atom stereocenters. The second-order valence-electron chi connectivity index (χ2n) is 6.59. The zero-order valence-corrected chi connectivity index (χ0v) is 18.1. The van der Waals surface area contributed by atoms with Crippen molar-refractivity contribution in [3.8, 4) is 23.0 Å². The van der Waals surface area contributed by atoms with Gasteiger partial charge in [0.1, 0.15) is 0 Å². The van der Waals surface area contributed by atoms with Gasteiger partial charge in [0.25, 0.3) is 0 Å². The maximum atomic E-state index is 12.6. The summed E-state index contributed by atoms with van der Waals surface area (Å²) in [6.07, 6.45) is 5.16. The topological polar surface area (TPSA) is 91.3 Å². The number of ether oxygens (including phenoxy) is 4. The molecule has 2 aromatic carbocycles. The molecule has 2 aromatic rings. The lowest BCUT2D eigenvalue weighted by molar-refractivity contribution is -0.139. The molecule has 31 heavy (non-hydrogen) atoms. The molecule has 7 nitrogen and oxygen atoms in total. The van der Waals surface area contributed by atoms with Crippen molar-refractivity contribution in [3.05, 3.63) is 53.6 Å². The zero-order chi connectivity index (χ0) is 22.6. The average molecular weight is 428 g/mol. The molecule has 0 aliphatic carbocycles. The summed E-state index contributed by atoms with van der Waals surface area (Å²) in [6, 6.07) is 10.1. The highest BCUT2D eigenvalue weighted by Gasteiger charge is 2.11. The summed E-state index contributed by atoms with van der Waals surface area (Å²) < 4.78 is 21.8. The van der Waals surface area contributed by atoms with E-state index in [2.05, 4.69) is 6.92 Å². The maximum absolute atomic E-state index is 12.6. The van der Waals surface area contributed by atoms with Gasteiger partial charge in [0.15, 0.2) is 35.4 Å². The number of ketones is 1. The standard InChI is InChI=1S/C24H28O7/c1-4-6-13-30-21-11-8-17(14-23(21)29-5-2)7-10-19(25)18-9-12-20(22(15-18)28-3)31-16-24(26)27/h7-12,14-15H,4-6,13,16H2,1-3H3,(H,26,27)/b10-7+. The van der Waals surface area contributed by atoms with E-state index in [4.69, 9.17) is 24.1 Å². The molecule has 166 valence electrons. The van der Waals surface area contributed by atoms with Gasteiger partial charge in [-0.2, -0.15) is 0 Å². The van der Waals surface area contributed by atoms with Crippen LogP contribution >= 0.6 is 0 Å². The average Bonchev–Trinajstić information content (AvgIpc) is 2.77. The summed E-state index contributed by atoms with van der Waals surface area (Å²) >= 11 is 0. The fourth-order valence-electron chi connectivity index (χ4n) is 2.69. The molecule has 0 aliphatic rings. The van der Waals surface area contributed by atoms with Gasteiger partial charge in [0.2, 0.25) is 0 Å². The number of hydrogen-bond donors (Lipinski definition) is 1. The van der Waals surface area contributed by atoms with Crippen molar-refractivity contribution in [2.45, 2.75) is 26.7 Å². The third-order valence-electron chi connectivity index (χ3n) is 4.25. The van der Waals surface area contributed by atoms with Crippen LogP contribution in [0.5, 0.6) is 23.0 Å². The Morgan fingerprint density at radius 1 is 0.935 bits per heavy atom. The molecule has 7 heteroatoms. The van der Waals surface area contributed by atoms with Gasteiger partial charge in [-0.3, -0.25) is 4.79 Å². The maximum Gasteiger partial charge on any atom is 0.341 e. The van der Waals surface area contributed by atoms with Crippen molar-refractivity contribution < 1.29 is 33.6 Å². The van der Waals surface area contributed by atoms with Gasteiger partial charge in [-0.25, -0.2) is 4.79 Å². The van der Waals surface area contributed by atoms with Gasteiger partial charge in [-0.1, -0.05) is 25.5 Å². The number of allylic oxidation sites excluding steroid dienone is 1. The number of hydrogen-bond acceptors (Lipinski definition) is 6. The minimum Gasteiger partial charge on any atom is -0.493 e. The Hall–Kier alpha value is -3.48. The van der Waals surface area contributed by atoms with Crippen molar-refractivity contribution in [2.75, 3.05) is 26.9 Å². The molecule has 1 N–H and O–H groups in total. The van der Waals surface area contributed by atoms with Crippen molar-refractivity contribution in [1.29, 1.82) is 0 Å². The van der Waals surface area contributed by atoms with Crippen molar-refractivity contribution in [3.63, 3.8) is 0 Å². The van der Waals surface area contributed by atoms with Gasteiger partial charge in [-0.05, 0) is 55.3 Å². The summed E-state index contributed by atoms with van der Waals surface area (Å²) in [5.74, 6) is 0.524. The number of carboxylic acid groups (broad SMARTS) is 1. The van der Waals surface area contributed by atoms with E-state index >= 15 is 0 Å². The lowest BCUT2D eigenvalue weighted by Gasteiger charge is -2.12. The third kappa shape index (κ3) is 7.37. The van der Waals surface area contributed by atoms with Crippen LogP contribution in [0.2, 0.25) is 0 Å². The van der Waals surface area contributed by atoms with Crippen LogP contribution in [0, 0.1) is 0 Å². The Morgan fingerprint density at radius 2 is 1.68 bits per heavy atom. The minimum atomic E-state index is -1.10. The molecule has 0 atom stereocenters. The first-order valence-electron chi connectivity index (χ1n) is 10.1. The Labute approximate surface area is 182 Å². The number of carbonyl (C=O) groups excluding carboxylic acids is 1. The van der Waals surface area contributed by atoms with Crippen LogP contribution in [0.15, 0.2) is 42.5 Å². The SMILES string of the molecule is CCCCOc1ccc(/C=C/C(=O)c2ccc(OCC(=O)O)c(OC)c2)cc1OCC. The second kappa shape index (κ2) is 12.3. The summed E-state index contributed by atoms with van der Waals surface area (Å²) in [6.45, 7) is 4.64. The van der Waals surface area contributed by atoms with Gasteiger partial charge in [0, 0.05) is 5.56 Å². The molecule has 0 saturated carbocycles. The fourth-order valence-corrected chi connectivity index (χ4v) is 2.69. The lowest BCUT2D eigenvalue weighted by atomic mass is 10.1. The zero-order valence-electron chi connectivity index (χ0n) is 18.1. The van der Waals surface area contributed by atoms with Gasteiger partial charge in [-0.15, -0.1) is 0 Å². The predicted octanol–water partition coefficient (Wildman–Crippen LogP) is 4.63. The number of carbonyl (C=O) groups is 2.